The molecule has 1 N–H and O–H groups in total. The second-order valence-corrected chi connectivity index (χ2v) is 6.12. The molecule has 0 bridgehead atoms. The number of aromatic nitrogens is 2. The monoisotopic (exact) mass is 360 g/mol. The van der Waals surface area contributed by atoms with Crippen LogP contribution in [0.4, 0.5) is 0 Å². The first-order valence-electron chi connectivity index (χ1n) is 7.31. The zero-order valence-corrected chi connectivity index (χ0v) is 14.1. The minimum absolute atomic E-state index is 0.188. The quantitative estimate of drug-likeness (QED) is 0.726. The molecule has 0 saturated heterocycles. The summed E-state index contributed by atoms with van der Waals surface area (Å²) in [4.78, 5) is 15.6. The Morgan fingerprint density at radius 2 is 1.71 bits per heavy atom. The van der Waals surface area contributed by atoms with Gasteiger partial charge in [0.2, 0.25) is 0 Å². The van der Waals surface area contributed by atoms with Crippen LogP contribution < -0.4 is 0 Å². The molecule has 0 aliphatic carbocycles. The Labute approximate surface area is 149 Å². The first-order valence-corrected chi connectivity index (χ1v) is 8.06. The average molecular weight is 361 g/mol. The zero-order valence-electron chi connectivity index (χ0n) is 12.6. The fourth-order valence-corrected chi connectivity index (χ4v) is 2.90. The predicted octanol–water partition coefficient (Wildman–Crippen LogP) is 4.53. The molecule has 0 aliphatic rings. The predicted molar refractivity (Wildman–Crippen MR) is 94.6 cm³/mol. The molecule has 4 nitrogen and oxygen atoms in total. The third-order valence-electron chi connectivity index (χ3n) is 3.63. The van der Waals surface area contributed by atoms with Crippen LogP contribution in [0.15, 0.2) is 54.6 Å². The zero-order chi connectivity index (χ0) is 17.1. The first kappa shape index (κ1) is 16.6. The van der Waals surface area contributed by atoms with Gasteiger partial charge in [-0.25, -0.2) is 4.98 Å². The molecule has 1 aromatic heterocycles. The van der Waals surface area contributed by atoms with Gasteiger partial charge in [-0.3, -0.25) is 4.79 Å². The maximum absolute atomic E-state index is 11.2. The lowest BCUT2D eigenvalue weighted by atomic mass is 10.2. The summed E-state index contributed by atoms with van der Waals surface area (Å²) in [6.45, 7) is 0.487. The maximum atomic E-state index is 11.2. The van der Waals surface area contributed by atoms with Crippen molar-refractivity contribution in [2.24, 2.45) is 0 Å². The summed E-state index contributed by atoms with van der Waals surface area (Å²) in [5.74, 6) is -0.328. The third kappa shape index (κ3) is 3.61. The van der Waals surface area contributed by atoms with Crippen LogP contribution in [0, 0.1) is 0 Å². The number of hydrogen-bond acceptors (Lipinski definition) is 2. The summed E-state index contributed by atoms with van der Waals surface area (Å²) in [6, 6.07) is 17.0. The Morgan fingerprint density at radius 3 is 2.33 bits per heavy atom. The lowest BCUT2D eigenvalue weighted by Crippen LogP contribution is -2.10. The molecule has 3 aromatic rings. The molecular weight excluding hydrogens is 347 g/mol. The van der Waals surface area contributed by atoms with Crippen LogP contribution in [-0.4, -0.2) is 20.6 Å². The Morgan fingerprint density at radius 1 is 1.04 bits per heavy atom. The van der Waals surface area contributed by atoms with E-state index in [1.807, 2.05) is 47.0 Å². The fourth-order valence-electron chi connectivity index (χ4n) is 2.52. The van der Waals surface area contributed by atoms with E-state index in [1.165, 1.54) is 0 Å². The van der Waals surface area contributed by atoms with E-state index in [-0.39, 0.29) is 11.6 Å². The molecule has 0 unspecified atom stereocenters. The number of carboxylic acid groups (broad SMARTS) is 1. The number of carboxylic acids is 1. The van der Waals surface area contributed by atoms with Crippen molar-refractivity contribution in [1.29, 1.82) is 0 Å². The van der Waals surface area contributed by atoms with Crippen molar-refractivity contribution < 1.29 is 9.90 Å². The molecule has 2 aromatic carbocycles. The number of hydrogen-bond donors (Lipinski definition) is 1. The van der Waals surface area contributed by atoms with E-state index in [1.54, 1.807) is 12.1 Å². The van der Waals surface area contributed by atoms with Gasteiger partial charge in [0, 0.05) is 17.1 Å². The number of halogens is 2. The summed E-state index contributed by atoms with van der Waals surface area (Å²) in [6.07, 6.45) is -0.188. The van der Waals surface area contributed by atoms with Crippen molar-refractivity contribution in [2.45, 2.75) is 13.0 Å². The summed E-state index contributed by atoms with van der Waals surface area (Å²) < 4.78 is 1.84. The van der Waals surface area contributed by atoms with E-state index >= 15 is 0 Å². The van der Waals surface area contributed by atoms with Crippen molar-refractivity contribution in [3.63, 3.8) is 0 Å². The first-order chi connectivity index (χ1) is 11.5. The lowest BCUT2D eigenvalue weighted by Gasteiger charge is -2.12. The molecule has 24 heavy (non-hydrogen) atoms. The number of carbonyl (C=O) groups is 1. The van der Waals surface area contributed by atoms with Gasteiger partial charge in [-0.2, -0.15) is 0 Å². The van der Waals surface area contributed by atoms with E-state index in [4.69, 9.17) is 23.2 Å². The van der Waals surface area contributed by atoms with Crippen molar-refractivity contribution in [2.75, 3.05) is 0 Å². The summed E-state index contributed by atoms with van der Waals surface area (Å²) in [5, 5.41) is 10.0. The van der Waals surface area contributed by atoms with E-state index in [0.717, 1.165) is 11.1 Å². The molecule has 6 heteroatoms. The molecule has 0 atom stereocenters. The van der Waals surface area contributed by atoms with Crippen molar-refractivity contribution in [1.82, 2.24) is 9.55 Å². The third-order valence-corrected chi connectivity index (χ3v) is 4.18. The highest BCUT2D eigenvalue weighted by atomic mass is 35.5. The number of benzene rings is 2. The Bertz CT molecular complexity index is 859. The maximum Gasteiger partial charge on any atom is 0.309 e. The second-order valence-electron chi connectivity index (χ2n) is 5.32. The van der Waals surface area contributed by atoms with Gasteiger partial charge in [0.1, 0.15) is 5.82 Å². The molecule has 0 spiro atoms. The minimum Gasteiger partial charge on any atom is -0.481 e. The highest BCUT2D eigenvalue weighted by molar-refractivity contribution is 6.31. The number of nitrogens with zero attached hydrogens (tertiary/aromatic N) is 2. The molecule has 3 rings (SSSR count). The Kier molecular flexibility index (Phi) is 4.88. The van der Waals surface area contributed by atoms with Crippen LogP contribution >= 0.6 is 23.2 Å². The molecule has 1 heterocycles. The highest BCUT2D eigenvalue weighted by Crippen LogP contribution is 2.28. The van der Waals surface area contributed by atoms with Crippen LogP contribution in [0.3, 0.4) is 0 Å². The second kappa shape index (κ2) is 7.07. The minimum atomic E-state index is -0.950. The van der Waals surface area contributed by atoms with Crippen molar-refractivity contribution in [3.05, 3.63) is 76.0 Å². The van der Waals surface area contributed by atoms with Gasteiger partial charge in [0.05, 0.1) is 12.1 Å². The standard InChI is InChI=1S/C18H14Cl2N2O2/c19-14-8-6-13(7-9-14)18-21-17(20)15(10-16(23)24)22(18)11-12-4-2-1-3-5-12/h1-9H,10-11H2,(H,23,24). The topological polar surface area (TPSA) is 55.1 Å². The van der Waals surface area contributed by atoms with E-state index in [0.29, 0.717) is 23.1 Å². The summed E-state index contributed by atoms with van der Waals surface area (Å²) in [7, 11) is 0. The van der Waals surface area contributed by atoms with Gasteiger partial charge >= 0.3 is 5.97 Å². The fraction of sp³-hybridized carbons (Fsp3) is 0.111. The molecule has 122 valence electrons. The van der Waals surface area contributed by atoms with Crippen molar-refractivity contribution in [3.8, 4) is 11.4 Å². The van der Waals surface area contributed by atoms with Crippen LogP contribution in [0.1, 0.15) is 11.3 Å². The summed E-state index contributed by atoms with van der Waals surface area (Å²) in [5.41, 5.74) is 2.35. The van der Waals surface area contributed by atoms with Crippen LogP contribution in [0.2, 0.25) is 10.2 Å². The average Bonchev–Trinajstić information content (AvgIpc) is 2.85. The van der Waals surface area contributed by atoms with Gasteiger partial charge in [-0.15, -0.1) is 0 Å². The molecule has 0 amide bonds. The number of rotatable bonds is 5. The van der Waals surface area contributed by atoms with E-state index in [9.17, 15) is 9.90 Å². The summed E-state index contributed by atoms with van der Waals surface area (Å²) >= 11 is 12.2. The van der Waals surface area contributed by atoms with Gasteiger partial charge in [0.25, 0.3) is 0 Å². The Hall–Kier alpha value is -2.30. The van der Waals surface area contributed by atoms with Gasteiger partial charge < -0.3 is 9.67 Å². The van der Waals surface area contributed by atoms with E-state index in [2.05, 4.69) is 4.98 Å². The largest absolute Gasteiger partial charge is 0.481 e. The molecule has 0 aliphatic heterocycles. The Balaban J connectivity index is 2.10. The molecule has 0 saturated carbocycles. The van der Waals surface area contributed by atoms with Crippen LogP contribution in [0.5, 0.6) is 0 Å². The van der Waals surface area contributed by atoms with Gasteiger partial charge in [0.15, 0.2) is 5.15 Å². The molecule has 0 radical (unpaired) electrons. The SMILES string of the molecule is O=C(O)Cc1c(Cl)nc(-c2ccc(Cl)cc2)n1Cc1ccccc1. The normalized spacial score (nSPS) is 10.8. The van der Waals surface area contributed by atoms with Gasteiger partial charge in [-0.1, -0.05) is 53.5 Å². The molecule has 0 fully saturated rings. The van der Waals surface area contributed by atoms with Gasteiger partial charge in [-0.05, 0) is 29.8 Å². The number of imidazole rings is 1. The smallest absolute Gasteiger partial charge is 0.309 e. The van der Waals surface area contributed by atoms with E-state index < -0.39 is 5.97 Å². The van der Waals surface area contributed by atoms with Crippen LogP contribution in [0.25, 0.3) is 11.4 Å². The van der Waals surface area contributed by atoms with Crippen LogP contribution in [-0.2, 0) is 17.8 Å². The van der Waals surface area contributed by atoms with Crippen molar-refractivity contribution >= 4 is 29.2 Å². The molecular formula is C18H14Cl2N2O2. The lowest BCUT2D eigenvalue weighted by molar-refractivity contribution is -0.136. The number of aliphatic carboxylic acids is 1. The highest BCUT2D eigenvalue weighted by Gasteiger charge is 2.19.